The Labute approximate surface area is 200 Å². The Balaban J connectivity index is 0.00000320. The first-order valence-electron chi connectivity index (χ1n) is 9.86. The van der Waals surface area contributed by atoms with Gasteiger partial charge in [0, 0.05) is 49.2 Å². The smallest absolute Gasteiger partial charge is 0.191 e. The highest BCUT2D eigenvalue weighted by Crippen LogP contribution is 2.21. The van der Waals surface area contributed by atoms with Crippen LogP contribution in [0.5, 0.6) is 0 Å². The molecule has 1 unspecified atom stereocenters. The van der Waals surface area contributed by atoms with E-state index in [4.69, 9.17) is 0 Å². The van der Waals surface area contributed by atoms with Gasteiger partial charge in [0.1, 0.15) is 5.82 Å². The van der Waals surface area contributed by atoms with Crippen LogP contribution in [0.3, 0.4) is 0 Å². The Hall–Kier alpha value is -2.00. The van der Waals surface area contributed by atoms with Crippen molar-refractivity contribution in [3.63, 3.8) is 0 Å². The van der Waals surface area contributed by atoms with E-state index in [1.807, 2.05) is 44.2 Å². The highest BCUT2D eigenvalue weighted by atomic mass is 127. The Morgan fingerprint density at radius 1 is 1.10 bits per heavy atom. The van der Waals surface area contributed by atoms with Crippen LogP contribution in [0.4, 0.5) is 0 Å². The molecule has 0 bridgehead atoms. The van der Waals surface area contributed by atoms with E-state index in [1.165, 1.54) is 16.0 Å². The third-order valence-corrected chi connectivity index (χ3v) is 5.70. The van der Waals surface area contributed by atoms with Gasteiger partial charge >= 0.3 is 0 Å². The van der Waals surface area contributed by atoms with Gasteiger partial charge in [0.25, 0.3) is 0 Å². The quantitative estimate of drug-likeness (QED) is 0.190. The summed E-state index contributed by atoms with van der Waals surface area (Å²) in [4.78, 5) is 9.93. The molecule has 1 atom stereocenters. The Morgan fingerprint density at radius 3 is 2.57 bits per heavy atom. The summed E-state index contributed by atoms with van der Waals surface area (Å²) in [6.45, 7) is 6.66. The number of benzene rings is 2. The highest BCUT2D eigenvalue weighted by Gasteiger charge is 2.06. The molecule has 2 aromatic carbocycles. The normalized spacial score (nSPS) is 12.2. The molecule has 0 aliphatic rings. The largest absolute Gasteiger partial charge is 0.355 e. The monoisotopic (exact) mass is 535 g/mol. The second-order valence-corrected chi connectivity index (χ2v) is 8.48. The van der Waals surface area contributed by atoms with E-state index >= 15 is 0 Å². The SMILES string of the molecule is CN=C(NCc1cccc(Cn2ccnc2C)c1)NCC(C)Sc1ccccc1.I. The minimum atomic E-state index is 0. The number of halogens is 1. The number of imidazole rings is 1. The molecule has 160 valence electrons. The Morgan fingerprint density at radius 2 is 1.87 bits per heavy atom. The third kappa shape index (κ3) is 7.68. The molecule has 7 heteroatoms. The molecule has 0 saturated carbocycles. The van der Waals surface area contributed by atoms with Crippen LogP contribution >= 0.6 is 35.7 Å². The van der Waals surface area contributed by atoms with E-state index in [2.05, 4.69) is 80.6 Å². The van der Waals surface area contributed by atoms with Crippen molar-refractivity contribution in [3.05, 3.63) is 83.9 Å². The van der Waals surface area contributed by atoms with Gasteiger partial charge in [0.15, 0.2) is 5.96 Å². The van der Waals surface area contributed by atoms with Crippen LogP contribution in [-0.4, -0.2) is 34.4 Å². The van der Waals surface area contributed by atoms with Crippen molar-refractivity contribution in [2.75, 3.05) is 13.6 Å². The van der Waals surface area contributed by atoms with E-state index in [1.54, 1.807) is 0 Å². The molecule has 0 amide bonds. The first-order valence-corrected chi connectivity index (χ1v) is 10.7. The van der Waals surface area contributed by atoms with Gasteiger partial charge in [-0.15, -0.1) is 35.7 Å². The van der Waals surface area contributed by atoms with E-state index in [0.29, 0.717) is 5.25 Å². The lowest BCUT2D eigenvalue weighted by atomic mass is 10.1. The lowest BCUT2D eigenvalue weighted by Crippen LogP contribution is -2.39. The van der Waals surface area contributed by atoms with Gasteiger partial charge in [0.05, 0.1) is 0 Å². The third-order valence-electron chi connectivity index (χ3n) is 4.59. The second kappa shape index (κ2) is 12.6. The average Bonchev–Trinajstić information content (AvgIpc) is 3.13. The fourth-order valence-corrected chi connectivity index (χ4v) is 3.97. The average molecular weight is 535 g/mol. The summed E-state index contributed by atoms with van der Waals surface area (Å²) in [6, 6.07) is 19.1. The van der Waals surface area contributed by atoms with Crippen molar-refractivity contribution in [1.82, 2.24) is 20.2 Å². The molecule has 0 saturated heterocycles. The number of aromatic nitrogens is 2. The molecular weight excluding hydrogens is 505 g/mol. The Bertz CT molecular complexity index is 926. The van der Waals surface area contributed by atoms with Gasteiger partial charge in [0.2, 0.25) is 0 Å². The molecule has 0 aliphatic carbocycles. The number of nitrogens with one attached hydrogen (secondary N) is 2. The van der Waals surface area contributed by atoms with Gasteiger partial charge in [-0.05, 0) is 30.2 Å². The van der Waals surface area contributed by atoms with Gasteiger partial charge in [-0.25, -0.2) is 4.98 Å². The Kier molecular flexibility index (Phi) is 10.2. The zero-order valence-electron chi connectivity index (χ0n) is 17.7. The van der Waals surface area contributed by atoms with Crippen LogP contribution in [0.2, 0.25) is 0 Å². The summed E-state index contributed by atoms with van der Waals surface area (Å²) in [5.74, 6) is 1.85. The van der Waals surface area contributed by atoms with Crippen molar-refractivity contribution in [2.24, 2.45) is 4.99 Å². The van der Waals surface area contributed by atoms with Crippen LogP contribution in [-0.2, 0) is 13.1 Å². The lowest BCUT2D eigenvalue weighted by molar-refractivity contribution is 0.757. The summed E-state index contributed by atoms with van der Waals surface area (Å²) >= 11 is 1.86. The van der Waals surface area contributed by atoms with E-state index in [-0.39, 0.29) is 24.0 Å². The van der Waals surface area contributed by atoms with E-state index in [0.717, 1.165) is 31.4 Å². The number of aryl methyl sites for hydroxylation is 1. The van der Waals surface area contributed by atoms with Crippen LogP contribution in [0.1, 0.15) is 23.9 Å². The maximum absolute atomic E-state index is 4.35. The van der Waals surface area contributed by atoms with Crippen molar-refractivity contribution >= 4 is 41.7 Å². The molecule has 0 fully saturated rings. The summed E-state index contributed by atoms with van der Waals surface area (Å²) in [5, 5.41) is 7.28. The van der Waals surface area contributed by atoms with E-state index in [9.17, 15) is 0 Å². The maximum Gasteiger partial charge on any atom is 0.191 e. The summed E-state index contributed by atoms with van der Waals surface area (Å²) < 4.78 is 2.15. The lowest BCUT2D eigenvalue weighted by Gasteiger charge is -2.16. The highest BCUT2D eigenvalue weighted by molar-refractivity contribution is 14.0. The van der Waals surface area contributed by atoms with Gasteiger partial charge in [-0.2, -0.15) is 0 Å². The standard InChI is InChI=1S/C23H29N5S.HI/c1-18(29-22-10-5-4-6-11-22)15-26-23(24-3)27-16-20-8-7-9-21(14-20)17-28-13-12-25-19(28)2;/h4-14,18H,15-17H2,1-3H3,(H2,24,26,27);1H. The van der Waals surface area contributed by atoms with Gasteiger partial charge < -0.3 is 15.2 Å². The molecule has 2 N–H and O–H groups in total. The number of hydrogen-bond donors (Lipinski definition) is 2. The van der Waals surface area contributed by atoms with Crippen molar-refractivity contribution < 1.29 is 0 Å². The molecule has 1 aromatic heterocycles. The molecule has 5 nitrogen and oxygen atoms in total. The minimum absolute atomic E-state index is 0. The second-order valence-electron chi connectivity index (χ2n) is 6.97. The van der Waals surface area contributed by atoms with Crippen LogP contribution in [0, 0.1) is 6.92 Å². The summed E-state index contributed by atoms with van der Waals surface area (Å²) in [5.41, 5.74) is 2.50. The molecule has 0 radical (unpaired) electrons. The first kappa shape index (κ1) is 24.3. The fraction of sp³-hybridized carbons (Fsp3) is 0.304. The molecule has 3 aromatic rings. The van der Waals surface area contributed by atoms with E-state index < -0.39 is 0 Å². The van der Waals surface area contributed by atoms with Crippen LogP contribution in [0.15, 0.2) is 76.9 Å². The number of guanidine groups is 1. The maximum atomic E-state index is 4.35. The first-order chi connectivity index (χ1) is 14.1. The summed E-state index contributed by atoms with van der Waals surface area (Å²) in [7, 11) is 1.81. The molecule has 0 aliphatic heterocycles. The molecular formula is C23H30IN5S. The molecule has 0 spiro atoms. The number of nitrogens with zero attached hydrogens (tertiary/aromatic N) is 3. The van der Waals surface area contributed by atoms with Crippen LogP contribution in [0.25, 0.3) is 0 Å². The molecule has 3 rings (SSSR count). The number of hydrogen-bond acceptors (Lipinski definition) is 3. The zero-order chi connectivity index (χ0) is 20.5. The van der Waals surface area contributed by atoms with Crippen molar-refractivity contribution in [2.45, 2.75) is 37.1 Å². The fourth-order valence-electron chi connectivity index (χ4n) is 3.03. The van der Waals surface area contributed by atoms with Crippen molar-refractivity contribution in [3.8, 4) is 0 Å². The topological polar surface area (TPSA) is 54.2 Å². The van der Waals surface area contributed by atoms with Gasteiger partial charge in [-0.3, -0.25) is 4.99 Å². The number of aliphatic imine (C=N–C) groups is 1. The van der Waals surface area contributed by atoms with Gasteiger partial charge in [-0.1, -0.05) is 49.4 Å². The predicted octanol–water partition coefficient (Wildman–Crippen LogP) is 4.70. The number of rotatable bonds is 8. The number of thioether (sulfide) groups is 1. The molecule has 30 heavy (non-hydrogen) atoms. The predicted molar refractivity (Wildman–Crippen MR) is 138 cm³/mol. The minimum Gasteiger partial charge on any atom is -0.355 e. The zero-order valence-corrected chi connectivity index (χ0v) is 20.9. The van der Waals surface area contributed by atoms with Crippen molar-refractivity contribution in [1.29, 1.82) is 0 Å². The van der Waals surface area contributed by atoms with Crippen LogP contribution < -0.4 is 10.6 Å². The molecule has 1 heterocycles. The summed E-state index contributed by atoms with van der Waals surface area (Å²) in [6.07, 6.45) is 3.86.